The van der Waals surface area contributed by atoms with Crippen molar-refractivity contribution in [3.63, 3.8) is 0 Å². The van der Waals surface area contributed by atoms with E-state index in [9.17, 15) is 17.6 Å². The summed E-state index contributed by atoms with van der Waals surface area (Å²) in [6.07, 6.45) is 6.74. The number of nitrogens with one attached hydrogen (secondary N) is 1. The Morgan fingerprint density at radius 2 is 1.70 bits per heavy atom. The molecule has 1 amide bonds. The molecular formula is C29H38ClFN4O4S. The zero-order valence-electron chi connectivity index (χ0n) is 22.7. The fourth-order valence-corrected chi connectivity index (χ4v) is 8.23. The molecule has 3 fully saturated rings. The van der Waals surface area contributed by atoms with Crippen LogP contribution in [-0.4, -0.2) is 73.6 Å². The van der Waals surface area contributed by atoms with Gasteiger partial charge in [-0.05, 0) is 80.8 Å². The van der Waals surface area contributed by atoms with Crippen LogP contribution < -0.4 is 5.43 Å². The fourth-order valence-electron chi connectivity index (χ4n) is 6.08. The van der Waals surface area contributed by atoms with Gasteiger partial charge in [0, 0.05) is 37.2 Å². The van der Waals surface area contributed by atoms with Crippen molar-refractivity contribution >= 4 is 27.7 Å². The molecule has 0 unspecified atom stereocenters. The molecule has 1 N–H and O–H groups in total. The molecule has 3 saturated heterocycles. The molecule has 0 aliphatic carbocycles. The Morgan fingerprint density at radius 3 is 2.42 bits per heavy atom. The third-order valence-electron chi connectivity index (χ3n) is 8.16. The quantitative estimate of drug-likeness (QED) is 0.466. The van der Waals surface area contributed by atoms with Gasteiger partial charge in [-0.3, -0.25) is 5.43 Å². The number of amides is 1. The van der Waals surface area contributed by atoms with Crippen molar-refractivity contribution in [3.05, 3.63) is 64.9 Å². The number of piperidine rings is 3. The third kappa shape index (κ3) is 6.97. The first-order valence-corrected chi connectivity index (χ1v) is 16.1. The molecular weight excluding hydrogens is 555 g/mol. The highest BCUT2D eigenvalue weighted by Crippen LogP contribution is 2.39. The van der Waals surface area contributed by atoms with Gasteiger partial charge in [0.05, 0.1) is 17.0 Å². The Kier molecular flexibility index (Phi) is 9.63. The van der Waals surface area contributed by atoms with E-state index in [0.717, 1.165) is 32.4 Å². The highest BCUT2D eigenvalue weighted by molar-refractivity contribution is 7.89. The summed E-state index contributed by atoms with van der Waals surface area (Å²) < 4.78 is 49.3. The molecule has 0 aromatic heterocycles. The minimum absolute atomic E-state index is 0.0582. The SMILES string of the molecule is O=C(OC[C@H]1CCC[C@@H](c2cccc(F)c2)N1S(=O)(=O)c1cccc(Cl)c1)N1CCC(NN2CCCCC2)CC1. The van der Waals surface area contributed by atoms with Crippen molar-refractivity contribution in [1.29, 1.82) is 0 Å². The smallest absolute Gasteiger partial charge is 0.409 e. The lowest BCUT2D eigenvalue weighted by molar-refractivity contribution is 0.0488. The minimum Gasteiger partial charge on any atom is -0.448 e. The van der Waals surface area contributed by atoms with Gasteiger partial charge >= 0.3 is 6.09 Å². The second-order valence-corrected chi connectivity index (χ2v) is 13.2. The number of benzene rings is 2. The van der Waals surface area contributed by atoms with Crippen LogP contribution in [0.5, 0.6) is 0 Å². The lowest BCUT2D eigenvalue weighted by atomic mass is 9.93. The van der Waals surface area contributed by atoms with Crippen molar-refractivity contribution in [2.24, 2.45) is 0 Å². The van der Waals surface area contributed by atoms with E-state index >= 15 is 0 Å². The summed E-state index contributed by atoms with van der Waals surface area (Å²) in [7, 11) is -4.03. The van der Waals surface area contributed by atoms with Crippen molar-refractivity contribution in [2.75, 3.05) is 32.8 Å². The van der Waals surface area contributed by atoms with E-state index in [1.807, 2.05) is 0 Å². The number of nitrogens with zero attached hydrogens (tertiary/aromatic N) is 3. The van der Waals surface area contributed by atoms with Gasteiger partial charge in [0.1, 0.15) is 12.4 Å². The molecule has 2 aromatic rings. The lowest BCUT2D eigenvalue weighted by Crippen LogP contribution is -2.52. The number of sulfonamides is 1. The molecule has 218 valence electrons. The van der Waals surface area contributed by atoms with E-state index in [2.05, 4.69) is 10.4 Å². The molecule has 11 heteroatoms. The van der Waals surface area contributed by atoms with Crippen LogP contribution in [0, 0.1) is 5.82 Å². The van der Waals surface area contributed by atoms with Crippen molar-refractivity contribution in [3.8, 4) is 0 Å². The number of ether oxygens (including phenoxy) is 1. The molecule has 8 nitrogen and oxygen atoms in total. The average molecular weight is 593 g/mol. The molecule has 0 radical (unpaired) electrons. The maximum atomic E-state index is 14.2. The Morgan fingerprint density at radius 1 is 0.950 bits per heavy atom. The van der Waals surface area contributed by atoms with Gasteiger partial charge in [0.15, 0.2) is 0 Å². The Balaban J connectivity index is 1.27. The zero-order valence-corrected chi connectivity index (χ0v) is 24.3. The van der Waals surface area contributed by atoms with Crippen LogP contribution in [0.4, 0.5) is 9.18 Å². The molecule has 3 heterocycles. The molecule has 0 saturated carbocycles. The Labute approximate surface area is 241 Å². The second-order valence-electron chi connectivity index (χ2n) is 11.0. The number of halogens is 2. The largest absolute Gasteiger partial charge is 0.448 e. The van der Waals surface area contributed by atoms with Crippen LogP contribution >= 0.6 is 11.6 Å². The average Bonchev–Trinajstić information content (AvgIpc) is 2.96. The number of hydrazine groups is 1. The van der Waals surface area contributed by atoms with Crippen molar-refractivity contribution in [2.45, 2.75) is 74.4 Å². The van der Waals surface area contributed by atoms with Gasteiger partial charge < -0.3 is 9.64 Å². The lowest BCUT2D eigenvalue weighted by Gasteiger charge is -2.41. The Hall–Kier alpha value is -2.24. The number of hydrogen-bond donors (Lipinski definition) is 1. The van der Waals surface area contributed by atoms with E-state index in [1.165, 1.54) is 47.8 Å². The standard InChI is InChI=1S/C29H38ClFN4O4S/c30-23-8-5-11-27(20-23)40(37,38)35-26(10-6-12-28(35)22-7-4-9-24(31)19-22)21-39-29(36)33-17-13-25(14-18-33)32-34-15-2-1-3-16-34/h4-5,7-9,11,19-20,25-26,28,32H,1-3,6,10,12-18,21H2/t26-,28+/m1/s1. The maximum absolute atomic E-state index is 14.2. The first kappa shape index (κ1) is 29.3. The summed E-state index contributed by atoms with van der Waals surface area (Å²) in [5.74, 6) is -0.427. The predicted octanol–water partition coefficient (Wildman–Crippen LogP) is 5.36. The topological polar surface area (TPSA) is 82.2 Å². The molecule has 3 aliphatic rings. The Bertz CT molecular complexity index is 1270. The summed E-state index contributed by atoms with van der Waals surface area (Å²) >= 11 is 6.14. The molecule has 0 bridgehead atoms. The minimum atomic E-state index is -4.03. The van der Waals surface area contributed by atoms with E-state index in [0.29, 0.717) is 42.6 Å². The van der Waals surface area contributed by atoms with Crippen LogP contribution in [0.25, 0.3) is 0 Å². The van der Waals surface area contributed by atoms with Crippen molar-refractivity contribution in [1.82, 2.24) is 19.6 Å². The molecule has 0 spiro atoms. The molecule has 3 aliphatic heterocycles. The number of carbonyl (C=O) groups is 1. The number of hydrogen-bond acceptors (Lipinski definition) is 6. The number of likely N-dealkylation sites (tertiary alicyclic amines) is 1. The number of rotatable bonds is 7. The molecule has 40 heavy (non-hydrogen) atoms. The summed E-state index contributed by atoms with van der Waals surface area (Å²) in [5.41, 5.74) is 4.19. The highest BCUT2D eigenvalue weighted by atomic mass is 35.5. The highest BCUT2D eigenvalue weighted by Gasteiger charge is 2.41. The molecule has 2 aromatic carbocycles. The van der Waals surface area contributed by atoms with Gasteiger partial charge in [-0.1, -0.05) is 36.2 Å². The first-order chi connectivity index (χ1) is 19.3. The molecule has 2 atom stereocenters. The zero-order chi connectivity index (χ0) is 28.1. The van der Waals surface area contributed by atoms with Crippen LogP contribution in [0.2, 0.25) is 5.02 Å². The van der Waals surface area contributed by atoms with Gasteiger partial charge in [-0.25, -0.2) is 22.6 Å². The van der Waals surface area contributed by atoms with Gasteiger partial charge in [-0.2, -0.15) is 4.31 Å². The normalized spacial score (nSPS) is 23.7. The van der Waals surface area contributed by atoms with Crippen LogP contribution in [0.3, 0.4) is 0 Å². The van der Waals surface area contributed by atoms with Crippen LogP contribution in [0.1, 0.15) is 63.0 Å². The van der Waals surface area contributed by atoms with Gasteiger partial charge in [0.25, 0.3) is 0 Å². The first-order valence-electron chi connectivity index (χ1n) is 14.3. The third-order valence-corrected chi connectivity index (χ3v) is 10.4. The maximum Gasteiger partial charge on any atom is 0.409 e. The summed E-state index contributed by atoms with van der Waals surface area (Å²) in [5, 5.41) is 2.61. The summed E-state index contributed by atoms with van der Waals surface area (Å²) in [6, 6.07) is 11.3. The predicted molar refractivity (Wildman–Crippen MR) is 152 cm³/mol. The summed E-state index contributed by atoms with van der Waals surface area (Å²) in [6.45, 7) is 3.23. The van der Waals surface area contributed by atoms with Crippen LogP contribution in [0.15, 0.2) is 53.4 Å². The summed E-state index contributed by atoms with van der Waals surface area (Å²) in [4.78, 5) is 14.8. The van der Waals surface area contributed by atoms with E-state index < -0.39 is 34.0 Å². The van der Waals surface area contributed by atoms with Gasteiger partial charge in [-0.15, -0.1) is 0 Å². The van der Waals surface area contributed by atoms with E-state index in [1.54, 1.807) is 29.2 Å². The van der Waals surface area contributed by atoms with E-state index in [4.69, 9.17) is 16.3 Å². The molecule has 5 rings (SSSR count). The van der Waals surface area contributed by atoms with E-state index in [-0.39, 0.29) is 11.5 Å². The van der Waals surface area contributed by atoms with Gasteiger partial charge in [0.2, 0.25) is 10.0 Å². The monoisotopic (exact) mass is 592 g/mol. The fraction of sp³-hybridized carbons (Fsp3) is 0.552. The number of carbonyl (C=O) groups excluding carboxylic acids is 1. The second kappa shape index (κ2) is 13.2. The van der Waals surface area contributed by atoms with Crippen molar-refractivity contribution < 1.29 is 22.3 Å². The van der Waals surface area contributed by atoms with Crippen LogP contribution in [-0.2, 0) is 14.8 Å².